The van der Waals surface area contributed by atoms with Crippen LogP contribution >= 0.6 is 11.8 Å². The molecule has 0 amide bonds. The van der Waals surface area contributed by atoms with E-state index in [2.05, 4.69) is 4.98 Å². The molecule has 0 saturated carbocycles. The average molecular weight is 261 g/mol. The highest BCUT2D eigenvalue weighted by atomic mass is 32.2. The van der Waals surface area contributed by atoms with E-state index in [0.717, 1.165) is 17.7 Å². The maximum atomic E-state index is 11.8. The Balaban J connectivity index is 2.33. The molecule has 0 spiro atoms. The summed E-state index contributed by atoms with van der Waals surface area (Å²) < 4.78 is 5.35. The number of aromatic nitrogens is 1. The first kappa shape index (κ1) is 11.3. The molecule has 0 aromatic carbocycles. The summed E-state index contributed by atoms with van der Waals surface area (Å²) in [5.41, 5.74) is 1.93. The van der Waals surface area contributed by atoms with Gasteiger partial charge in [0.15, 0.2) is 0 Å². The van der Waals surface area contributed by atoms with Crippen molar-refractivity contribution in [1.82, 2.24) is 4.98 Å². The minimum Gasteiger partial charge on any atom is -0.506 e. The lowest BCUT2D eigenvalue weighted by Crippen LogP contribution is -2.12. The lowest BCUT2D eigenvalue weighted by molar-refractivity contribution is 0.418. The molecule has 0 saturated heterocycles. The zero-order chi connectivity index (χ0) is 12.7. The Labute approximate surface area is 108 Å². The molecule has 4 nitrogen and oxygen atoms in total. The summed E-state index contributed by atoms with van der Waals surface area (Å²) in [5.74, 6) is 0.521. The normalized spacial score (nSPS) is 12.9. The van der Waals surface area contributed by atoms with E-state index in [0.29, 0.717) is 17.7 Å². The summed E-state index contributed by atoms with van der Waals surface area (Å²) in [6.07, 6.45) is 4.86. The highest BCUT2D eigenvalue weighted by molar-refractivity contribution is 7.98. The SMILES string of the molecule is CSc1c(O)c2c(oc1=O)-c1cccnc1CC2. The van der Waals surface area contributed by atoms with Crippen LogP contribution in [0.25, 0.3) is 11.3 Å². The summed E-state index contributed by atoms with van der Waals surface area (Å²) in [6, 6.07) is 3.66. The van der Waals surface area contributed by atoms with Crippen LogP contribution in [0.5, 0.6) is 5.75 Å². The van der Waals surface area contributed by atoms with Crippen LogP contribution in [0.3, 0.4) is 0 Å². The van der Waals surface area contributed by atoms with Gasteiger partial charge in [0.25, 0.3) is 0 Å². The smallest absolute Gasteiger partial charge is 0.353 e. The molecule has 5 heteroatoms. The molecule has 0 unspecified atom stereocenters. The predicted molar refractivity (Wildman–Crippen MR) is 69.1 cm³/mol. The summed E-state index contributed by atoms with van der Waals surface area (Å²) in [7, 11) is 0. The van der Waals surface area contributed by atoms with Gasteiger partial charge in [0.1, 0.15) is 16.4 Å². The molecule has 1 aliphatic carbocycles. The molecule has 0 radical (unpaired) electrons. The van der Waals surface area contributed by atoms with E-state index in [4.69, 9.17) is 4.42 Å². The van der Waals surface area contributed by atoms with Crippen molar-refractivity contribution >= 4 is 11.8 Å². The second-order valence-electron chi connectivity index (χ2n) is 4.08. The van der Waals surface area contributed by atoms with E-state index < -0.39 is 5.63 Å². The van der Waals surface area contributed by atoms with Gasteiger partial charge in [-0.25, -0.2) is 4.79 Å². The first-order valence-corrected chi connectivity index (χ1v) is 6.82. The van der Waals surface area contributed by atoms with Crippen LogP contribution in [0.1, 0.15) is 11.3 Å². The van der Waals surface area contributed by atoms with E-state index in [1.807, 2.05) is 6.07 Å². The number of hydrogen-bond acceptors (Lipinski definition) is 5. The molecule has 1 aliphatic rings. The van der Waals surface area contributed by atoms with Crippen LogP contribution < -0.4 is 5.63 Å². The fraction of sp³-hybridized carbons (Fsp3) is 0.231. The Hall–Kier alpha value is -1.75. The van der Waals surface area contributed by atoms with Crippen molar-refractivity contribution in [3.63, 3.8) is 0 Å². The monoisotopic (exact) mass is 261 g/mol. The standard InChI is InChI=1S/C13H11NO3S/c1-18-12-10(15)8-4-5-9-7(3-2-6-14-9)11(8)17-13(12)16/h2-3,6,15H,4-5H2,1H3. The number of aryl methyl sites for hydroxylation is 1. The fourth-order valence-electron chi connectivity index (χ4n) is 2.26. The highest BCUT2D eigenvalue weighted by Gasteiger charge is 2.25. The van der Waals surface area contributed by atoms with Crippen LogP contribution in [-0.2, 0) is 12.8 Å². The van der Waals surface area contributed by atoms with Crippen LogP contribution in [0.4, 0.5) is 0 Å². The number of nitrogens with zero attached hydrogens (tertiary/aromatic N) is 1. The molecular weight excluding hydrogens is 250 g/mol. The van der Waals surface area contributed by atoms with Crippen LogP contribution in [0, 0.1) is 0 Å². The molecule has 2 heterocycles. The van der Waals surface area contributed by atoms with Gasteiger partial charge in [-0.05, 0) is 31.2 Å². The number of fused-ring (bicyclic) bond motifs is 3. The van der Waals surface area contributed by atoms with Crippen molar-refractivity contribution in [2.24, 2.45) is 0 Å². The third kappa shape index (κ3) is 1.54. The Morgan fingerprint density at radius 1 is 1.44 bits per heavy atom. The Morgan fingerprint density at radius 2 is 2.28 bits per heavy atom. The van der Waals surface area contributed by atoms with Crippen LogP contribution in [0.2, 0.25) is 0 Å². The molecule has 1 N–H and O–H groups in total. The Bertz CT molecular complexity index is 678. The second kappa shape index (κ2) is 4.17. The molecule has 3 rings (SSSR count). The fourth-order valence-corrected chi connectivity index (χ4v) is 2.78. The number of aromatic hydroxyl groups is 1. The van der Waals surface area contributed by atoms with Crippen molar-refractivity contribution in [3.05, 3.63) is 40.0 Å². The zero-order valence-corrected chi connectivity index (χ0v) is 10.6. The van der Waals surface area contributed by atoms with Crippen molar-refractivity contribution < 1.29 is 9.52 Å². The van der Waals surface area contributed by atoms with Crippen LogP contribution in [0.15, 0.2) is 32.4 Å². The molecule has 0 fully saturated rings. The third-order valence-electron chi connectivity index (χ3n) is 3.11. The van der Waals surface area contributed by atoms with Crippen LogP contribution in [-0.4, -0.2) is 16.3 Å². The maximum Gasteiger partial charge on any atom is 0.353 e. The topological polar surface area (TPSA) is 63.3 Å². The number of thioether (sulfide) groups is 1. The van der Waals surface area contributed by atoms with Gasteiger partial charge in [-0.15, -0.1) is 11.8 Å². The molecule has 18 heavy (non-hydrogen) atoms. The average Bonchev–Trinajstić information content (AvgIpc) is 2.39. The Morgan fingerprint density at radius 3 is 3.06 bits per heavy atom. The molecule has 92 valence electrons. The molecule has 0 aliphatic heterocycles. The summed E-state index contributed by atoms with van der Waals surface area (Å²) in [5, 5.41) is 10.1. The van der Waals surface area contributed by atoms with Crippen molar-refractivity contribution in [3.8, 4) is 17.1 Å². The van der Waals surface area contributed by atoms with Gasteiger partial charge >= 0.3 is 5.63 Å². The van der Waals surface area contributed by atoms with Gasteiger partial charge in [0, 0.05) is 17.3 Å². The molecule has 2 aromatic heterocycles. The lowest BCUT2D eigenvalue weighted by Gasteiger charge is -2.18. The molecule has 0 bridgehead atoms. The summed E-state index contributed by atoms with van der Waals surface area (Å²) >= 11 is 1.20. The van der Waals surface area contributed by atoms with Gasteiger partial charge in [-0.2, -0.15) is 0 Å². The van der Waals surface area contributed by atoms with Crippen molar-refractivity contribution in [1.29, 1.82) is 0 Å². The number of rotatable bonds is 1. The van der Waals surface area contributed by atoms with Gasteiger partial charge in [-0.3, -0.25) is 4.98 Å². The summed E-state index contributed by atoms with van der Waals surface area (Å²) in [6.45, 7) is 0. The van der Waals surface area contributed by atoms with Gasteiger partial charge in [0.05, 0.1) is 5.69 Å². The second-order valence-corrected chi connectivity index (χ2v) is 4.89. The van der Waals surface area contributed by atoms with E-state index >= 15 is 0 Å². The van der Waals surface area contributed by atoms with Crippen molar-refractivity contribution in [2.45, 2.75) is 17.7 Å². The zero-order valence-electron chi connectivity index (χ0n) is 9.77. The quantitative estimate of drug-likeness (QED) is 0.797. The van der Waals surface area contributed by atoms with Gasteiger partial charge in [-0.1, -0.05) is 0 Å². The largest absolute Gasteiger partial charge is 0.506 e. The van der Waals surface area contributed by atoms with E-state index in [9.17, 15) is 9.90 Å². The number of hydrogen-bond donors (Lipinski definition) is 1. The van der Waals surface area contributed by atoms with E-state index in [-0.39, 0.29) is 10.6 Å². The van der Waals surface area contributed by atoms with E-state index in [1.165, 1.54) is 11.8 Å². The maximum absolute atomic E-state index is 11.8. The predicted octanol–water partition coefficient (Wildman–Crippen LogP) is 2.23. The molecule has 2 aromatic rings. The minimum atomic E-state index is -0.490. The molecular formula is C13H11NO3S. The van der Waals surface area contributed by atoms with Crippen molar-refractivity contribution in [2.75, 3.05) is 6.26 Å². The first-order chi connectivity index (χ1) is 8.72. The highest BCUT2D eigenvalue weighted by Crippen LogP contribution is 2.39. The van der Waals surface area contributed by atoms with Gasteiger partial charge in [0.2, 0.25) is 0 Å². The molecule has 0 atom stereocenters. The first-order valence-electron chi connectivity index (χ1n) is 5.59. The Kier molecular flexibility index (Phi) is 2.63. The number of pyridine rings is 1. The van der Waals surface area contributed by atoms with E-state index in [1.54, 1.807) is 18.5 Å². The third-order valence-corrected chi connectivity index (χ3v) is 3.87. The summed E-state index contributed by atoms with van der Waals surface area (Å²) in [4.78, 5) is 16.3. The lowest BCUT2D eigenvalue weighted by atomic mass is 9.93. The van der Waals surface area contributed by atoms with Gasteiger partial charge < -0.3 is 9.52 Å². The minimum absolute atomic E-state index is 0.0586.